The number of halogens is 1. The van der Waals surface area contributed by atoms with Crippen molar-refractivity contribution in [3.8, 4) is 0 Å². The van der Waals surface area contributed by atoms with Crippen LogP contribution in [0.1, 0.15) is 45.6 Å². The summed E-state index contributed by atoms with van der Waals surface area (Å²) in [5.74, 6) is 0. The predicted molar refractivity (Wildman–Crippen MR) is 84.6 cm³/mol. The van der Waals surface area contributed by atoms with Crippen molar-refractivity contribution in [2.24, 2.45) is 5.73 Å². The molecular weight excluding hydrogens is 264 g/mol. The number of nitrogens with two attached hydrogens (primary N) is 1. The predicted octanol–water partition coefficient (Wildman–Crippen LogP) is 4.35. The molecule has 3 N–H and O–H groups in total. The highest BCUT2D eigenvalue weighted by atomic mass is 35.5. The second-order valence-electron chi connectivity index (χ2n) is 4.52. The third-order valence-corrected chi connectivity index (χ3v) is 4.13. The molecule has 0 aliphatic carbocycles. The van der Waals surface area contributed by atoms with E-state index in [2.05, 4.69) is 26.1 Å². The molecule has 0 radical (unpaired) electrons. The van der Waals surface area contributed by atoms with E-state index >= 15 is 0 Å². The largest absolute Gasteiger partial charge is 0.389 e. The number of anilines is 1. The molecule has 2 nitrogen and oxygen atoms in total. The summed E-state index contributed by atoms with van der Waals surface area (Å²) in [5.41, 5.74) is 7.64. The van der Waals surface area contributed by atoms with E-state index in [0.717, 1.165) is 30.5 Å². The van der Waals surface area contributed by atoms with Gasteiger partial charge in [0.05, 0.1) is 0 Å². The molecule has 4 heteroatoms. The highest BCUT2D eigenvalue weighted by molar-refractivity contribution is 7.80. The van der Waals surface area contributed by atoms with Gasteiger partial charge in [0, 0.05) is 21.8 Å². The van der Waals surface area contributed by atoms with Gasteiger partial charge in [0.1, 0.15) is 4.99 Å². The summed E-state index contributed by atoms with van der Waals surface area (Å²) in [7, 11) is 0. The Morgan fingerprint density at radius 3 is 2.28 bits per heavy atom. The second-order valence-corrected chi connectivity index (χ2v) is 5.40. The van der Waals surface area contributed by atoms with E-state index < -0.39 is 0 Å². The van der Waals surface area contributed by atoms with Gasteiger partial charge in [-0.05, 0) is 37.5 Å². The summed E-state index contributed by atoms with van der Waals surface area (Å²) in [5, 5.41) is 4.24. The Balaban J connectivity index is 3.13. The molecule has 0 saturated heterocycles. The van der Waals surface area contributed by atoms with Gasteiger partial charge in [-0.1, -0.05) is 44.6 Å². The Bertz CT molecular complexity index is 420. The average molecular weight is 285 g/mol. The van der Waals surface area contributed by atoms with Crippen molar-refractivity contribution in [1.29, 1.82) is 0 Å². The molecule has 0 aliphatic heterocycles. The molecule has 1 aromatic rings. The van der Waals surface area contributed by atoms with E-state index in [1.54, 1.807) is 0 Å². The van der Waals surface area contributed by atoms with E-state index in [4.69, 9.17) is 29.6 Å². The van der Waals surface area contributed by atoms with Crippen LogP contribution in [0.2, 0.25) is 5.02 Å². The minimum absolute atomic E-state index is 0.0906. The van der Waals surface area contributed by atoms with Crippen LogP contribution in [0.4, 0.5) is 5.69 Å². The summed E-state index contributed by atoms with van der Waals surface area (Å²) >= 11 is 11.1. The van der Waals surface area contributed by atoms with Crippen LogP contribution in [0.15, 0.2) is 18.2 Å². The summed E-state index contributed by atoms with van der Waals surface area (Å²) < 4.78 is 0. The van der Waals surface area contributed by atoms with Crippen LogP contribution in [0.25, 0.3) is 0 Å². The first-order chi connectivity index (χ1) is 8.48. The van der Waals surface area contributed by atoms with Crippen LogP contribution >= 0.6 is 23.8 Å². The fourth-order valence-electron chi connectivity index (χ4n) is 2.13. The molecule has 100 valence electrons. The first-order valence-corrected chi connectivity index (χ1v) is 7.14. The van der Waals surface area contributed by atoms with Crippen LogP contribution in [0, 0.1) is 0 Å². The quantitative estimate of drug-likeness (QED) is 0.763. The van der Waals surface area contributed by atoms with Crippen molar-refractivity contribution in [1.82, 2.24) is 0 Å². The maximum Gasteiger partial charge on any atom is 0.106 e. The van der Waals surface area contributed by atoms with Crippen LogP contribution in [0.3, 0.4) is 0 Å². The third-order valence-electron chi connectivity index (χ3n) is 3.68. The lowest BCUT2D eigenvalue weighted by Crippen LogP contribution is -2.36. The summed E-state index contributed by atoms with van der Waals surface area (Å²) in [6.07, 6.45) is 3.16. The van der Waals surface area contributed by atoms with E-state index in [0.29, 0.717) is 10.0 Å². The van der Waals surface area contributed by atoms with Gasteiger partial charge in [0.2, 0.25) is 0 Å². The molecule has 0 unspecified atom stereocenters. The minimum Gasteiger partial charge on any atom is -0.389 e. The van der Waals surface area contributed by atoms with Gasteiger partial charge in [-0.3, -0.25) is 0 Å². The topological polar surface area (TPSA) is 38.0 Å². The summed E-state index contributed by atoms with van der Waals surface area (Å²) in [6.45, 7) is 6.57. The summed E-state index contributed by atoms with van der Waals surface area (Å²) in [4.78, 5) is 0.372. The van der Waals surface area contributed by atoms with Crippen molar-refractivity contribution in [2.75, 3.05) is 5.32 Å². The van der Waals surface area contributed by atoms with E-state index in [-0.39, 0.29) is 5.54 Å². The molecule has 0 atom stereocenters. The number of hydrogen-bond acceptors (Lipinski definition) is 2. The molecule has 0 saturated carbocycles. The van der Waals surface area contributed by atoms with Crippen molar-refractivity contribution in [3.05, 3.63) is 28.8 Å². The molecular formula is C14H21ClN2S. The lowest BCUT2D eigenvalue weighted by Gasteiger charge is -2.34. The lowest BCUT2D eigenvalue weighted by molar-refractivity contribution is 0.420. The molecule has 0 fully saturated rings. The van der Waals surface area contributed by atoms with Gasteiger partial charge in [0.25, 0.3) is 0 Å². The Labute approximate surface area is 120 Å². The molecule has 0 bridgehead atoms. The van der Waals surface area contributed by atoms with E-state index in [9.17, 15) is 0 Å². The normalized spacial score (nSPS) is 11.3. The molecule has 1 rings (SSSR count). The van der Waals surface area contributed by atoms with Crippen LogP contribution in [-0.4, -0.2) is 10.5 Å². The third kappa shape index (κ3) is 3.36. The molecule has 0 spiro atoms. The SMILES string of the molecule is CCC(CC)(CC)Nc1ccc(Cl)cc1C(N)=S. The number of nitrogens with one attached hydrogen (secondary N) is 1. The molecule has 1 aromatic carbocycles. The Morgan fingerprint density at radius 2 is 1.83 bits per heavy atom. The van der Waals surface area contributed by atoms with Gasteiger partial charge in [-0.25, -0.2) is 0 Å². The van der Waals surface area contributed by atoms with Crippen LogP contribution < -0.4 is 11.1 Å². The number of rotatable bonds is 6. The zero-order chi connectivity index (χ0) is 13.8. The second kappa shape index (κ2) is 6.39. The van der Waals surface area contributed by atoms with Gasteiger partial charge < -0.3 is 11.1 Å². The van der Waals surface area contributed by atoms with Crippen molar-refractivity contribution in [2.45, 2.75) is 45.6 Å². The zero-order valence-electron chi connectivity index (χ0n) is 11.2. The van der Waals surface area contributed by atoms with Crippen LogP contribution in [-0.2, 0) is 0 Å². The number of benzene rings is 1. The standard InChI is InChI=1S/C14H21ClN2S/c1-4-14(5-2,6-3)17-12-8-7-10(15)9-11(12)13(16)18/h7-9,17H,4-6H2,1-3H3,(H2,16,18). The zero-order valence-corrected chi connectivity index (χ0v) is 12.8. The average Bonchev–Trinajstić information content (AvgIpc) is 2.37. The van der Waals surface area contributed by atoms with Gasteiger partial charge in [-0.15, -0.1) is 0 Å². The maximum absolute atomic E-state index is 5.99. The first-order valence-electron chi connectivity index (χ1n) is 6.35. The Hall–Kier alpha value is -0.800. The summed E-state index contributed by atoms with van der Waals surface area (Å²) in [6, 6.07) is 5.63. The van der Waals surface area contributed by atoms with Gasteiger partial charge in [-0.2, -0.15) is 0 Å². The number of thiocarbonyl (C=S) groups is 1. The Morgan fingerprint density at radius 1 is 1.28 bits per heavy atom. The van der Waals surface area contributed by atoms with Crippen molar-refractivity contribution in [3.63, 3.8) is 0 Å². The smallest absolute Gasteiger partial charge is 0.106 e. The molecule has 18 heavy (non-hydrogen) atoms. The molecule has 0 aliphatic rings. The molecule has 0 aromatic heterocycles. The minimum atomic E-state index is 0.0906. The highest BCUT2D eigenvalue weighted by Crippen LogP contribution is 2.29. The van der Waals surface area contributed by atoms with Gasteiger partial charge >= 0.3 is 0 Å². The van der Waals surface area contributed by atoms with Crippen molar-refractivity contribution < 1.29 is 0 Å². The molecule has 0 amide bonds. The van der Waals surface area contributed by atoms with Crippen molar-refractivity contribution >= 4 is 34.5 Å². The fraction of sp³-hybridized carbons (Fsp3) is 0.500. The maximum atomic E-state index is 5.99. The van der Waals surface area contributed by atoms with Crippen LogP contribution in [0.5, 0.6) is 0 Å². The Kier molecular flexibility index (Phi) is 5.42. The first kappa shape index (κ1) is 15.3. The monoisotopic (exact) mass is 284 g/mol. The molecule has 0 heterocycles. The van der Waals surface area contributed by atoms with E-state index in [1.165, 1.54) is 0 Å². The van der Waals surface area contributed by atoms with Gasteiger partial charge in [0.15, 0.2) is 0 Å². The highest BCUT2D eigenvalue weighted by Gasteiger charge is 2.24. The fourth-order valence-corrected chi connectivity index (χ4v) is 2.47. The lowest BCUT2D eigenvalue weighted by atomic mass is 9.89. The number of hydrogen-bond donors (Lipinski definition) is 2. The van der Waals surface area contributed by atoms with E-state index in [1.807, 2.05) is 18.2 Å².